The number of furan rings is 1. The van der Waals surface area contributed by atoms with Gasteiger partial charge in [-0.3, -0.25) is 24.1 Å². The third-order valence-electron chi connectivity index (χ3n) is 6.34. The van der Waals surface area contributed by atoms with Crippen molar-refractivity contribution in [2.45, 2.75) is 32.1 Å². The second kappa shape index (κ2) is 7.75. The van der Waals surface area contributed by atoms with E-state index in [1.54, 1.807) is 24.3 Å². The number of benzene rings is 2. The molecule has 0 saturated carbocycles. The summed E-state index contributed by atoms with van der Waals surface area (Å²) in [7, 11) is 0. The maximum atomic E-state index is 12.9. The minimum absolute atomic E-state index is 0.250. The number of rotatable bonds is 6. The van der Waals surface area contributed by atoms with Crippen molar-refractivity contribution in [3.63, 3.8) is 0 Å². The number of amides is 2. The molecule has 2 aromatic carbocycles. The lowest BCUT2D eigenvalue weighted by molar-refractivity contribution is -0.141. The second-order valence-corrected chi connectivity index (χ2v) is 8.35. The summed E-state index contributed by atoms with van der Waals surface area (Å²) < 4.78 is 5.94. The molecule has 7 nitrogen and oxygen atoms in total. The van der Waals surface area contributed by atoms with Gasteiger partial charge in [0, 0.05) is 35.9 Å². The maximum absolute atomic E-state index is 12.9. The Bertz CT molecular complexity index is 1250. The molecule has 1 N–H and O–H groups in total. The smallest absolute Gasteiger partial charge is 0.308 e. The molecule has 0 radical (unpaired) electrons. The van der Waals surface area contributed by atoms with Crippen molar-refractivity contribution in [2.24, 2.45) is 5.92 Å². The number of hydrogen-bond donors (Lipinski definition) is 1. The molecule has 1 aromatic heterocycles. The molecule has 0 fully saturated rings. The van der Waals surface area contributed by atoms with Crippen molar-refractivity contribution in [1.82, 2.24) is 4.90 Å². The zero-order valence-electron chi connectivity index (χ0n) is 17.3. The Morgan fingerprint density at radius 1 is 1.00 bits per heavy atom. The summed E-state index contributed by atoms with van der Waals surface area (Å²) in [4.78, 5) is 50.8. The molecule has 7 heteroatoms. The molecule has 0 saturated heterocycles. The largest absolute Gasteiger partial charge is 0.481 e. The summed E-state index contributed by atoms with van der Waals surface area (Å²) >= 11 is 0. The third-order valence-corrected chi connectivity index (χ3v) is 6.34. The van der Waals surface area contributed by atoms with Crippen molar-refractivity contribution in [3.8, 4) is 0 Å². The quantitative estimate of drug-likeness (QED) is 0.469. The van der Waals surface area contributed by atoms with E-state index in [1.807, 2.05) is 6.07 Å². The summed E-state index contributed by atoms with van der Waals surface area (Å²) in [5.41, 5.74) is 2.69. The Labute approximate surface area is 183 Å². The number of aryl methyl sites for hydroxylation is 2. The molecule has 3 aromatic rings. The van der Waals surface area contributed by atoms with Gasteiger partial charge in [-0.05, 0) is 37.5 Å². The minimum Gasteiger partial charge on any atom is -0.481 e. The van der Waals surface area contributed by atoms with Crippen LogP contribution in [-0.4, -0.2) is 40.1 Å². The molecule has 2 heterocycles. The van der Waals surface area contributed by atoms with Crippen LogP contribution in [0.15, 0.2) is 46.9 Å². The number of carbonyl (C=O) groups is 4. The van der Waals surface area contributed by atoms with E-state index < -0.39 is 23.7 Å². The van der Waals surface area contributed by atoms with Gasteiger partial charge < -0.3 is 9.52 Å². The van der Waals surface area contributed by atoms with Crippen LogP contribution in [-0.2, 0) is 17.6 Å². The van der Waals surface area contributed by atoms with Crippen molar-refractivity contribution in [2.75, 3.05) is 6.54 Å². The van der Waals surface area contributed by atoms with Gasteiger partial charge in [-0.25, -0.2) is 0 Å². The zero-order chi connectivity index (χ0) is 22.4. The molecular formula is C25H21NO6. The van der Waals surface area contributed by atoms with Gasteiger partial charge >= 0.3 is 5.97 Å². The number of fused-ring (bicyclic) bond motifs is 4. The first-order valence-electron chi connectivity index (χ1n) is 10.7. The molecule has 32 heavy (non-hydrogen) atoms. The zero-order valence-corrected chi connectivity index (χ0v) is 17.3. The lowest BCUT2D eigenvalue weighted by Crippen LogP contribution is -2.38. The van der Waals surface area contributed by atoms with E-state index in [-0.39, 0.29) is 29.9 Å². The fourth-order valence-electron chi connectivity index (χ4n) is 4.63. The van der Waals surface area contributed by atoms with E-state index in [9.17, 15) is 24.3 Å². The average Bonchev–Trinajstić information content (AvgIpc) is 3.28. The average molecular weight is 431 g/mol. The van der Waals surface area contributed by atoms with Crippen LogP contribution < -0.4 is 0 Å². The van der Waals surface area contributed by atoms with Gasteiger partial charge in [0.2, 0.25) is 0 Å². The van der Waals surface area contributed by atoms with Gasteiger partial charge in [-0.2, -0.15) is 0 Å². The van der Waals surface area contributed by atoms with Gasteiger partial charge in [0.1, 0.15) is 11.3 Å². The number of nitrogens with zero attached hydrogens (tertiary/aromatic N) is 1. The fourth-order valence-corrected chi connectivity index (χ4v) is 4.63. The monoisotopic (exact) mass is 431 g/mol. The highest BCUT2D eigenvalue weighted by molar-refractivity contribution is 6.21. The van der Waals surface area contributed by atoms with Crippen molar-refractivity contribution in [3.05, 3.63) is 70.5 Å². The van der Waals surface area contributed by atoms with Gasteiger partial charge in [-0.1, -0.05) is 24.3 Å². The number of aliphatic carboxylic acids is 1. The van der Waals surface area contributed by atoms with Crippen LogP contribution in [0.1, 0.15) is 61.7 Å². The van der Waals surface area contributed by atoms with Gasteiger partial charge in [-0.15, -0.1) is 0 Å². The maximum Gasteiger partial charge on any atom is 0.308 e. The fraction of sp³-hybridized carbons (Fsp3) is 0.280. The second-order valence-electron chi connectivity index (χ2n) is 8.35. The van der Waals surface area contributed by atoms with Crippen LogP contribution in [0, 0.1) is 5.92 Å². The first-order chi connectivity index (χ1) is 15.4. The number of Topliss-reactive ketones (excluding diaryl/α,β-unsaturated/α-hetero) is 1. The van der Waals surface area contributed by atoms with Gasteiger partial charge in [0.05, 0.1) is 17.0 Å². The first kappa shape index (κ1) is 20.2. The highest BCUT2D eigenvalue weighted by Gasteiger charge is 2.38. The molecule has 5 rings (SSSR count). The molecule has 1 aliphatic carbocycles. The van der Waals surface area contributed by atoms with Crippen molar-refractivity contribution in [1.29, 1.82) is 0 Å². The van der Waals surface area contributed by atoms with E-state index in [0.29, 0.717) is 11.1 Å². The third kappa shape index (κ3) is 3.30. The van der Waals surface area contributed by atoms with E-state index in [2.05, 4.69) is 0 Å². The summed E-state index contributed by atoms with van der Waals surface area (Å²) in [6.07, 6.45) is 3.71. The molecule has 0 unspecified atom stereocenters. The summed E-state index contributed by atoms with van der Waals surface area (Å²) in [5.74, 6) is -2.91. The summed E-state index contributed by atoms with van der Waals surface area (Å²) in [6.45, 7) is -0.356. The minimum atomic E-state index is -1.23. The Balaban J connectivity index is 1.36. The van der Waals surface area contributed by atoms with Crippen LogP contribution in [0.3, 0.4) is 0 Å². The van der Waals surface area contributed by atoms with Crippen LogP contribution in [0.4, 0.5) is 0 Å². The van der Waals surface area contributed by atoms with Crippen LogP contribution in [0.2, 0.25) is 0 Å². The standard InChI is InChI=1S/C25H21NO6/c27-20(14-9-10-17-16-5-3-4-8-21(16)32-22(17)12-14)11-15(25(30)31)13-26-23(28)18-6-1-2-7-19(18)24(26)29/h1-2,6-7,9-10,12,15H,3-5,8,11,13H2,(H,30,31)/t15-/m1/s1. The predicted molar refractivity (Wildman–Crippen MR) is 115 cm³/mol. The Morgan fingerprint density at radius 3 is 2.38 bits per heavy atom. The van der Waals surface area contributed by atoms with Crippen molar-refractivity contribution >= 4 is 34.5 Å². The molecule has 0 bridgehead atoms. The molecule has 162 valence electrons. The molecule has 2 amide bonds. The Kier molecular flexibility index (Phi) is 4.89. The summed E-state index contributed by atoms with van der Waals surface area (Å²) in [5, 5.41) is 10.7. The molecule has 1 atom stereocenters. The van der Waals surface area contributed by atoms with Crippen LogP contribution in [0.25, 0.3) is 11.0 Å². The number of imide groups is 1. The van der Waals surface area contributed by atoms with E-state index in [1.165, 1.54) is 17.7 Å². The highest BCUT2D eigenvalue weighted by atomic mass is 16.4. The molecule has 2 aliphatic rings. The number of carboxylic acid groups (broad SMARTS) is 1. The van der Waals surface area contributed by atoms with Crippen molar-refractivity contribution < 1.29 is 28.7 Å². The lowest BCUT2D eigenvalue weighted by Gasteiger charge is -2.19. The number of carbonyl (C=O) groups excluding carboxylic acids is 3. The topological polar surface area (TPSA) is 105 Å². The van der Waals surface area contributed by atoms with Crippen LogP contribution in [0.5, 0.6) is 0 Å². The number of ketones is 1. The predicted octanol–water partition coefficient (Wildman–Crippen LogP) is 3.88. The number of hydrogen-bond acceptors (Lipinski definition) is 5. The molecular weight excluding hydrogens is 410 g/mol. The number of carboxylic acids is 1. The lowest BCUT2D eigenvalue weighted by atomic mass is 9.94. The van der Waals surface area contributed by atoms with E-state index in [4.69, 9.17) is 4.42 Å². The van der Waals surface area contributed by atoms with Crippen LogP contribution >= 0.6 is 0 Å². The Morgan fingerprint density at radius 2 is 1.69 bits per heavy atom. The molecule has 1 aliphatic heterocycles. The highest BCUT2D eigenvalue weighted by Crippen LogP contribution is 2.33. The van der Waals surface area contributed by atoms with Gasteiger partial charge in [0.15, 0.2) is 5.78 Å². The van der Waals surface area contributed by atoms with E-state index in [0.717, 1.165) is 41.7 Å². The normalized spacial score (nSPS) is 16.2. The Hall–Kier alpha value is -3.74. The van der Waals surface area contributed by atoms with Gasteiger partial charge in [0.25, 0.3) is 11.8 Å². The SMILES string of the molecule is O=C(C[C@H](CN1C(=O)c2ccccc2C1=O)C(=O)O)c1ccc2c3c(oc2c1)CCCC3. The summed E-state index contributed by atoms with van der Waals surface area (Å²) in [6, 6.07) is 11.6. The first-order valence-corrected chi connectivity index (χ1v) is 10.7. The molecule has 0 spiro atoms. The van der Waals surface area contributed by atoms with E-state index >= 15 is 0 Å².